The Morgan fingerprint density at radius 3 is 2.32 bits per heavy atom. The number of rotatable bonds is 9. The molecule has 200 valence electrons. The molecule has 1 fully saturated rings. The fourth-order valence-electron chi connectivity index (χ4n) is 5.19. The lowest BCUT2D eigenvalue weighted by molar-refractivity contribution is -0.140. The van der Waals surface area contributed by atoms with Crippen molar-refractivity contribution in [1.82, 2.24) is 15.3 Å². The predicted octanol–water partition coefficient (Wildman–Crippen LogP) is 6.91. The molecule has 0 spiro atoms. The summed E-state index contributed by atoms with van der Waals surface area (Å²) in [5.74, 6) is -0.394. The number of hydrogen-bond acceptors (Lipinski definition) is 4. The molecule has 0 amide bonds. The third-order valence-electron chi connectivity index (χ3n) is 7.25. The Balaban J connectivity index is 1.20. The molecule has 0 saturated heterocycles. The molecule has 1 aromatic heterocycles. The van der Waals surface area contributed by atoms with Crippen molar-refractivity contribution in [3.63, 3.8) is 0 Å². The van der Waals surface area contributed by atoms with E-state index in [0.717, 1.165) is 73.6 Å². The number of aromatic nitrogens is 2. The van der Waals surface area contributed by atoms with E-state index in [1.165, 1.54) is 0 Å². The average Bonchev–Trinajstić information content (AvgIpc) is 2.86. The molecule has 4 rings (SSSR count). The second-order valence-electron chi connectivity index (χ2n) is 10.2. The zero-order valence-corrected chi connectivity index (χ0v) is 21.2. The summed E-state index contributed by atoms with van der Waals surface area (Å²) in [6, 6.07) is 9.66. The van der Waals surface area contributed by atoms with Gasteiger partial charge in [-0.15, -0.1) is 0 Å². The fraction of sp³-hybridized carbons (Fsp3) is 0.500. The first-order valence-corrected chi connectivity index (χ1v) is 12.8. The normalized spacial score (nSPS) is 18.4. The van der Waals surface area contributed by atoms with Gasteiger partial charge < -0.3 is 10.2 Å². The van der Waals surface area contributed by atoms with Gasteiger partial charge in [0.2, 0.25) is 0 Å². The molecule has 1 aliphatic carbocycles. The molecule has 0 aliphatic heterocycles. The zero-order valence-electron chi connectivity index (χ0n) is 21.2. The highest BCUT2D eigenvalue weighted by Gasteiger charge is 2.36. The van der Waals surface area contributed by atoms with Gasteiger partial charge in [0.25, 0.3) is 0 Å². The van der Waals surface area contributed by atoms with Gasteiger partial charge in [-0.1, -0.05) is 37.5 Å². The number of aryl methyl sites for hydroxylation is 1. The van der Waals surface area contributed by atoms with Gasteiger partial charge in [-0.05, 0) is 55.8 Å². The Hall–Kier alpha value is -2.81. The summed E-state index contributed by atoms with van der Waals surface area (Å²) in [7, 11) is 3.98. The summed E-state index contributed by atoms with van der Waals surface area (Å²) in [5.41, 5.74) is -0.701. The fourth-order valence-corrected chi connectivity index (χ4v) is 5.19. The first kappa shape index (κ1) is 27.2. The quantitative estimate of drug-likeness (QED) is 0.311. The van der Waals surface area contributed by atoms with Gasteiger partial charge in [0.15, 0.2) is 11.6 Å². The highest BCUT2D eigenvalue weighted by molar-refractivity contribution is 5.89. The average molecular weight is 521 g/mol. The van der Waals surface area contributed by atoms with Gasteiger partial charge >= 0.3 is 6.18 Å². The maximum absolute atomic E-state index is 14.1. The summed E-state index contributed by atoms with van der Waals surface area (Å²) in [5, 5.41) is 4.15. The Morgan fingerprint density at radius 2 is 1.62 bits per heavy atom. The summed E-state index contributed by atoms with van der Waals surface area (Å²) in [6.07, 6.45) is 2.36. The largest absolute Gasteiger partial charge is 0.419 e. The number of alkyl halides is 3. The van der Waals surface area contributed by atoms with Crippen LogP contribution in [0.15, 0.2) is 36.4 Å². The van der Waals surface area contributed by atoms with Crippen LogP contribution in [0, 0.1) is 23.5 Å². The lowest BCUT2D eigenvalue weighted by Gasteiger charge is -2.28. The Kier molecular flexibility index (Phi) is 8.62. The van der Waals surface area contributed by atoms with Crippen LogP contribution >= 0.6 is 0 Å². The smallest absolute Gasteiger partial charge is 0.362 e. The minimum atomic E-state index is -4.91. The number of fused-ring (bicyclic) bond motifs is 1. The SMILES string of the molecule is CN(C)c1nc(CCCC2CCC(CNCc3ccc(C(F)(F)F)c(F)c3F)CC2)nc2ccccc12. The van der Waals surface area contributed by atoms with Crippen molar-refractivity contribution >= 4 is 16.7 Å². The lowest BCUT2D eigenvalue weighted by atomic mass is 9.80. The van der Waals surface area contributed by atoms with Crippen LogP contribution in [0.5, 0.6) is 0 Å². The molecule has 1 N–H and O–H groups in total. The van der Waals surface area contributed by atoms with Crippen LogP contribution in [0.2, 0.25) is 0 Å². The van der Waals surface area contributed by atoms with Crippen molar-refractivity contribution in [2.75, 3.05) is 25.5 Å². The van der Waals surface area contributed by atoms with Crippen molar-refractivity contribution < 1.29 is 22.0 Å². The van der Waals surface area contributed by atoms with Crippen molar-refractivity contribution in [2.45, 2.75) is 57.7 Å². The van der Waals surface area contributed by atoms with Crippen LogP contribution in [0.1, 0.15) is 55.5 Å². The standard InChI is InChI=1S/C28H33F5N4/c1-37(2)27-21-7-3-4-8-23(21)35-24(36-27)9-5-6-18-10-12-19(13-11-18)16-34-17-20-14-15-22(28(31,32)33)26(30)25(20)29/h3-4,7-8,14-15,18-19,34H,5-6,9-13,16-17H2,1-2H3. The van der Waals surface area contributed by atoms with Crippen LogP contribution in [-0.2, 0) is 19.1 Å². The van der Waals surface area contributed by atoms with E-state index in [4.69, 9.17) is 9.97 Å². The highest BCUT2D eigenvalue weighted by Crippen LogP contribution is 2.34. The number of hydrogen-bond donors (Lipinski definition) is 1. The van der Waals surface area contributed by atoms with Gasteiger partial charge in [0.05, 0.1) is 11.1 Å². The zero-order chi connectivity index (χ0) is 26.6. The minimum absolute atomic E-state index is 0.00150. The maximum atomic E-state index is 14.1. The molecule has 0 atom stereocenters. The van der Waals surface area contributed by atoms with Crippen LogP contribution in [-0.4, -0.2) is 30.6 Å². The topological polar surface area (TPSA) is 41.1 Å². The van der Waals surface area contributed by atoms with Crippen molar-refractivity contribution in [3.05, 3.63) is 65.0 Å². The number of benzene rings is 2. The van der Waals surface area contributed by atoms with E-state index < -0.39 is 23.4 Å². The van der Waals surface area contributed by atoms with E-state index in [-0.39, 0.29) is 12.1 Å². The molecule has 0 radical (unpaired) electrons. The lowest BCUT2D eigenvalue weighted by Crippen LogP contribution is -2.27. The predicted molar refractivity (Wildman–Crippen MR) is 135 cm³/mol. The van der Waals surface area contributed by atoms with Crippen molar-refractivity contribution in [2.24, 2.45) is 11.8 Å². The van der Waals surface area contributed by atoms with E-state index >= 15 is 0 Å². The Bertz CT molecular complexity index is 1200. The van der Waals surface area contributed by atoms with Gasteiger partial charge in [0, 0.05) is 38.0 Å². The highest BCUT2D eigenvalue weighted by atomic mass is 19.4. The maximum Gasteiger partial charge on any atom is 0.419 e. The molecule has 1 aliphatic rings. The molecule has 0 unspecified atom stereocenters. The number of halogens is 5. The Labute approximate surface area is 214 Å². The third-order valence-corrected chi connectivity index (χ3v) is 7.25. The van der Waals surface area contributed by atoms with Gasteiger partial charge in [-0.25, -0.2) is 18.7 Å². The number of para-hydroxylation sites is 1. The first-order chi connectivity index (χ1) is 17.6. The molecular formula is C28H33F5N4. The molecule has 4 nitrogen and oxygen atoms in total. The van der Waals surface area contributed by atoms with Crippen LogP contribution < -0.4 is 10.2 Å². The molecular weight excluding hydrogens is 487 g/mol. The summed E-state index contributed by atoms with van der Waals surface area (Å²) in [4.78, 5) is 11.6. The van der Waals surface area contributed by atoms with Gasteiger partial charge in [-0.2, -0.15) is 13.2 Å². The molecule has 1 saturated carbocycles. The molecule has 1 heterocycles. The monoisotopic (exact) mass is 520 g/mol. The Morgan fingerprint density at radius 1 is 0.919 bits per heavy atom. The molecule has 3 aromatic rings. The number of nitrogens with one attached hydrogen (secondary N) is 1. The van der Waals surface area contributed by atoms with E-state index in [0.29, 0.717) is 24.4 Å². The van der Waals surface area contributed by atoms with Crippen molar-refractivity contribution in [1.29, 1.82) is 0 Å². The van der Waals surface area contributed by atoms with Gasteiger partial charge in [0.1, 0.15) is 11.6 Å². The van der Waals surface area contributed by atoms with E-state index in [2.05, 4.69) is 5.32 Å². The molecule has 2 aromatic carbocycles. The molecule has 9 heteroatoms. The molecule has 0 bridgehead atoms. The van der Waals surface area contributed by atoms with E-state index in [9.17, 15) is 22.0 Å². The second kappa shape index (κ2) is 11.7. The van der Waals surface area contributed by atoms with Crippen LogP contribution in [0.4, 0.5) is 27.8 Å². The number of anilines is 1. The van der Waals surface area contributed by atoms with E-state index in [1.807, 2.05) is 43.3 Å². The minimum Gasteiger partial charge on any atom is -0.362 e. The van der Waals surface area contributed by atoms with Gasteiger partial charge in [-0.3, -0.25) is 0 Å². The number of nitrogens with zero attached hydrogens (tertiary/aromatic N) is 3. The summed E-state index contributed by atoms with van der Waals surface area (Å²) < 4.78 is 66.0. The van der Waals surface area contributed by atoms with Crippen LogP contribution in [0.25, 0.3) is 10.9 Å². The first-order valence-electron chi connectivity index (χ1n) is 12.8. The third kappa shape index (κ3) is 6.74. The van der Waals surface area contributed by atoms with E-state index in [1.54, 1.807) is 0 Å². The summed E-state index contributed by atoms with van der Waals surface area (Å²) >= 11 is 0. The van der Waals surface area contributed by atoms with Crippen LogP contribution in [0.3, 0.4) is 0 Å². The molecule has 37 heavy (non-hydrogen) atoms. The van der Waals surface area contributed by atoms with Crippen molar-refractivity contribution in [3.8, 4) is 0 Å². The second-order valence-corrected chi connectivity index (χ2v) is 10.2. The summed E-state index contributed by atoms with van der Waals surface area (Å²) in [6.45, 7) is 0.633.